The molecular weight excluding hydrogens is 379 g/mol. The summed E-state index contributed by atoms with van der Waals surface area (Å²) in [5, 5.41) is -0.772. The average Bonchev–Trinajstić information content (AvgIpc) is 2.69. The SMILES string of the molecule is CC(C)[C@@H]1CC[C@@H](C)C[C@H]1OP(=O)(Oc1ccccc1)C(C)(C)c1ccccc1. The molecule has 2 aromatic rings. The van der Waals surface area contributed by atoms with E-state index >= 15 is 0 Å². The Kier molecular flexibility index (Phi) is 6.91. The molecule has 0 amide bonds. The van der Waals surface area contributed by atoms with Gasteiger partial charge in [-0.2, -0.15) is 0 Å². The van der Waals surface area contributed by atoms with Crippen LogP contribution >= 0.6 is 7.60 Å². The fourth-order valence-electron chi connectivity index (χ4n) is 4.31. The van der Waals surface area contributed by atoms with Gasteiger partial charge in [-0.05, 0) is 62.1 Å². The van der Waals surface area contributed by atoms with E-state index in [1.807, 2.05) is 74.5 Å². The van der Waals surface area contributed by atoms with Gasteiger partial charge in [0.05, 0.1) is 6.10 Å². The van der Waals surface area contributed by atoms with Gasteiger partial charge in [0.2, 0.25) is 0 Å². The molecule has 0 radical (unpaired) electrons. The maximum atomic E-state index is 14.5. The molecule has 0 heterocycles. The van der Waals surface area contributed by atoms with E-state index < -0.39 is 12.8 Å². The number of benzene rings is 2. The van der Waals surface area contributed by atoms with E-state index in [0.717, 1.165) is 18.4 Å². The van der Waals surface area contributed by atoms with Gasteiger partial charge in [0.1, 0.15) is 10.9 Å². The lowest BCUT2D eigenvalue weighted by Gasteiger charge is -2.42. The summed E-state index contributed by atoms with van der Waals surface area (Å²) in [5.74, 6) is 2.03. The van der Waals surface area contributed by atoms with Crippen molar-refractivity contribution in [2.24, 2.45) is 17.8 Å². The molecule has 1 aliphatic rings. The molecule has 0 spiro atoms. The van der Waals surface area contributed by atoms with E-state index in [1.165, 1.54) is 6.42 Å². The Hall–Kier alpha value is -1.57. The second-order valence-corrected chi connectivity index (χ2v) is 11.8. The van der Waals surface area contributed by atoms with Crippen molar-refractivity contribution in [3.63, 3.8) is 0 Å². The maximum absolute atomic E-state index is 14.5. The van der Waals surface area contributed by atoms with Crippen molar-refractivity contribution >= 4 is 7.60 Å². The first-order chi connectivity index (χ1) is 13.7. The first-order valence-electron chi connectivity index (χ1n) is 10.8. The summed E-state index contributed by atoms with van der Waals surface area (Å²) in [7, 11) is -3.54. The van der Waals surface area contributed by atoms with Crippen molar-refractivity contribution in [2.75, 3.05) is 0 Å². The van der Waals surface area contributed by atoms with Crippen LogP contribution in [-0.2, 0) is 14.2 Å². The largest absolute Gasteiger partial charge is 0.424 e. The minimum absolute atomic E-state index is 0.0590. The minimum atomic E-state index is -3.54. The number of hydrogen-bond donors (Lipinski definition) is 0. The Morgan fingerprint density at radius 2 is 1.55 bits per heavy atom. The molecule has 1 saturated carbocycles. The molecule has 3 rings (SSSR count). The zero-order chi connectivity index (χ0) is 21.1. The molecule has 0 bridgehead atoms. The van der Waals surface area contributed by atoms with E-state index in [2.05, 4.69) is 20.8 Å². The minimum Gasteiger partial charge on any atom is -0.424 e. The Morgan fingerprint density at radius 1 is 0.966 bits per heavy atom. The van der Waals surface area contributed by atoms with Crippen LogP contribution in [0.25, 0.3) is 0 Å². The third-order valence-corrected chi connectivity index (χ3v) is 9.00. The monoisotopic (exact) mass is 414 g/mol. The van der Waals surface area contributed by atoms with Gasteiger partial charge in [0.25, 0.3) is 0 Å². The van der Waals surface area contributed by atoms with E-state index in [0.29, 0.717) is 23.5 Å². The van der Waals surface area contributed by atoms with E-state index in [4.69, 9.17) is 9.05 Å². The van der Waals surface area contributed by atoms with Crippen molar-refractivity contribution in [2.45, 2.75) is 65.1 Å². The normalized spacial score (nSPS) is 24.8. The first kappa shape index (κ1) is 22.1. The van der Waals surface area contributed by atoms with Crippen LogP contribution in [0.3, 0.4) is 0 Å². The Labute approximate surface area is 176 Å². The van der Waals surface area contributed by atoms with Crippen LogP contribution in [0, 0.1) is 17.8 Å². The molecule has 2 aromatic carbocycles. The van der Waals surface area contributed by atoms with Gasteiger partial charge >= 0.3 is 7.60 Å². The van der Waals surface area contributed by atoms with Gasteiger partial charge < -0.3 is 4.52 Å². The topological polar surface area (TPSA) is 35.5 Å². The smallest absolute Gasteiger partial charge is 0.389 e. The molecule has 158 valence electrons. The van der Waals surface area contributed by atoms with Crippen molar-refractivity contribution in [1.29, 1.82) is 0 Å². The summed E-state index contributed by atoms with van der Waals surface area (Å²) in [6, 6.07) is 19.4. The molecule has 1 fully saturated rings. The van der Waals surface area contributed by atoms with E-state index in [1.54, 1.807) is 0 Å². The predicted octanol–water partition coefficient (Wildman–Crippen LogP) is 7.67. The first-order valence-corrected chi connectivity index (χ1v) is 12.4. The second-order valence-electron chi connectivity index (χ2n) is 9.30. The van der Waals surface area contributed by atoms with Crippen LogP contribution < -0.4 is 4.52 Å². The lowest BCUT2D eigenvalue weighted by atomic mass is 9.75. The third-order valence-electron chi connectivity index (χ3n) is 6.37. The fourth-order valence-corrected chi connectivity index (χ4v) is 6.30. The molecule has 0 N–H and O–H groups in total. The summed E-state index contributed by atoms with van der Waals surface area (Å²) in [5.41, 5.74) is 0.962. The fraction of sp³-hybridized carbons (Fsp3) is 0.520. The van der Waals surface area contributed by atoms with Crippen molar-refractivity contribution < 1.29 is 13.6 Å². The van der Waals surface area contributed by atoms with Crippen LogP contribution in [0.2, 0.25) is 0 Å². The van der Waals surface area contributed by atoms with Crippen LogP contribution in [0.15, 0.2) is 60.7 Å². The van der Waals surface area contributed by atoms with Crippen LogP contribution in [0.1, 0.15) is 59.4 Å². The van der Waals surface area contributed by atoms with Gasteiger partial charge in [-0.15, -0.1) is 0 Å². The molecular formula is C25H35O3P. The van der Waals surface area contributed by atoms with Crippen LogP contribution in [0.5, 0.6) is 5.75 Å². The number of rotatable bonds is 7. The summed E-state index contributed by atoms with van der Waals surface area (Å²) in [4.78, 5) is 0. The van der Waals surface area contributed by atoms with Crippen LogP contribution in [-0.4, -0.2) is 6.10 Å². The highest BCUT2D eigenvalue weighted by Gasteiger charge is 2.49. The maximum Gasteiger partial charge on any atom is 0.389 e. The Morgan fingerprint density at radius 3 is 2.14 bits per heavy atom. The number of para-hydroxylation sites is 1. The Bertz CT molecular complexity index is 816. The third kappa shape index (κ3) is 4.95. The summed E-state index contributed by atoms with van der Waals surface area (Å²) in [6.45, 7) is 10.7. The standard InChI is InChI=1S/C25H35O3P/c1-19(2)23-17-16-20(3)18-24(23)28-29(26,27-22-14-10-7-11-15-22)25(4,5)21-12-8-6-9-13-21/h6-15,19-20,23-24H,16-18H2,1-5H3/t20-,23+,24-,29?/m1/s1. The molecule has 1 unspecified atom stereocenters. The lowest BCUT2D eigenvalue weighted by Crippen LogP contribution is -2.36. The van der Waals surface area contributed by atoms with Crippen molar-refractivity contribution in [1.82, 2.24) is 0 Å². The molecule has 4 heteroatoms. The van der Waals surface area contributed by atoms with Gasteiger partial charge in [0, 0.05) is 0 Å². The quantitative estimate of drug-likeness (QED) is 0.436. The zero-order valence-corrected chi connectivity index (χ0v) is 19.3. The summed E-state index contributed by atoms with van der Waals surface area (Å²) >= 11 is 0. The molecule has 0 aromatic heterocycles. The summed E-state index contributed by atoms with van der Waals surface area (Å²) < 4.78 is 27.3. The highest BCUT2D eigenvalue weighted by molar-refractivity contribution is 7.55. The summed E-state index contributed by atoms with van der Waals surface area (Å²) in [6.07, 6.45) is 3.18. The highest BCUT2D eigenvalue weighted by Crippen LogP contribution is 2.66. The van der Waals surface area contributed by atoms with Crippen molar-refractivity contribution in [3.8, 4) is 5.75 Å². The average molecular weight is 415 g/mol. The van der Waals surface area contributed by atoms with Gasteiger partial charge in [-0.1, -0.05) is 75.7 Å². The lowest BCUT2D eigenvalue weighted by molar-refractivity contribution is 0.0350. The molecule has 0 aliphatic heterocycles. The molecule has 0 saturated heterocycles. The molecule has 3 nitrogen and oxygen atoms in total. The van der Waals surface area contributed by atoms with Crippen molar-refractivity contribution in [3.05, 3.63) is 66.2 Å². The molecule has 1 aliphatic carbocycles. The second kappa shape index (κ2) is 9.06. The highest BCUT2D eigenvalue weighted by atomic mass is 31.2. The van der Waals surface area contributed by atoms with Crippen LogP contribution in [0.4, 0.5) is 0 Å². The number of hydrogen-bond acceptors (Lipinski definition) is 3. The zero-order valence-electron chi connectivity index (χ0n) is 18.4. The van der Waals surface area contributed by atoms with Gasteiger partial charge in [0.15, 0.2) is 0 Å². The van der Waals surface area contributed by atoms with E-state index in [9.17, 15) is 4.57 Å². The van der Waals surface area contributed by atoms with Gasteiger partial charge in [-0.3, -0.25) is 4.52 Å². The molecule has 29 heavy (non-hydrogen) atoms. The van der Waals surface area contributed by atoms with E-state index in [-0.39, 0.29) is 6.10 Å². The van der Waals surface area contributed by atoms with Gasteiger partial charge in [-0.25, -0.2) is 4.57 Å². The Balaban J connectivity index is 1.99. The molecule has 4 atom stereocenters. The predicted molar refractivity (Wildman–Crippen MR) is 120 cm³/mol.